The maximum absolute atomic E-state index is 12.3. The maximum atomic E-state index is 12.3. The molecule has 3 rings (SSSR count). The van der Waals surface area contributed by atoms with Crippen LogP contribution in [0.5, 0.6) is 0 Å². The highest BCUT2D eigenvalue weighted by molar-refractivity contribution is 5.67. The summed E-state index contributed by atoms with van der Waals surface area (Å²) in [7, 11) is 1.92. The Morgan fingerprint density at radius 1 is 1.38 bits per heavy atom. The van der Waals surface area contributed by atoms with Gasteiger partial charge in [0, 0.05) is 38.4 Å². The summed E-state index contributed by atoms with van der Waals surface area (Å²) in [4.78, 5) is 14.0. The van der Waals surface area contributed by atoms with Gasteiger partial charge in [0.05, 0.1) is 24.9 Å². The molecule has 1 aromatic carbocycles. The monoisotopic (exact) mass is 358 g/mol. The number of benzene rings is 1. The van der Waals surface area contributed by atoms with Crippen LogP contribution in [0.1, 0.15) is 16.8 Å². The summed E-state index contributed by atoms with van der Waals surface area (Å²) in [6.07, 6.45) is 1.69. The number of ether oxygens (including phenoxy) is 2. The second-order valence-electron chi connectivity index (χ2n) is 6.52. The summed E-state index contributed by atoms with van der Waals surface area (Å²) in [6.45, 7) is 5.32. The molecule has 0 bridgehead atoms. The lowest BCUT2D eigenvalue weighted by molar-refractivity contribution is -0.0271. The molecule has 1 aliphatic heterocycles. The van der Waals surface area contributed by atoms with Crippen molar-refractivity contribution in [3.05, 3.63) is 53.3 Å². The number of nitrogens with one attached hydrogen (secondary N) is 1. The normalized spacial score (nSPS) is 17.3. The van der Waals surface area contributed by atoms with E-state index in [2.05, 4.69) is 10.4 Å². The molecular weight excluding hydrogens is 332 g/mol. The third-order valence-corrected chi connectivity index (χ3v) is 4.40. The quantitative estimate of drug-likeness (QED) is 0.854. The van der Waals surface area contributed by atoms with Crippen LogP contribution in [0.3, 0.4) is 0 Å². The summed E-state index contributed by atoms with van der Waals surface area (Å²) in [5, 5.41) is 7.72. The van der Waals surface area contributed by atoms with E-state index >= 15 is 0 Å². The number of rotatable bonds is 6. The zero-order valence-corrected chi connectivity index (χ0v) is 15.4. The van der Waals surface area contributed by atoms with Crippen LogP contribution in [0.2, 0.25) is 0 Å². The van der Waals surface area contributed by atoms with Crippen molar-refractivity contribution in [2.45, 2.75) is 26.2 Å². The minimum Gasteiger partial charge on any atom is -0.445 e. The molecule has 1 saturated heterocycles. The molecule has 26 heavy (non-hydrogen) atoms. The molecule has 7 heteroatoms. The molecule has 0 saturated carbocycles. The van der Waals surface area contributed by atoms with Crippen LogP contribution >= 0.6 is 0 Å². The van der Waals surface area contributed by atoms with Gasteiger partial charge in [-0.2, -0.15) is 5.10 Å². The van der Waals surface area contributed by atoms with Crippen molar-refractivity contribution in [3.63, 3.8) is 0 Å². The highest BCUT2D eigenvalue weighted by Gasteiger charge is 2.25. The molecule has 1 atom stereocenters. The fraction of sp³-hybridized carbons (Fsp3) is 0.474. The van der Waals surface area contributed by atoms with E-state index < -0.39 is 0 Å². The maximum Gasteiger partial charge on any atom is 0.410 e. The topological polar surface area (TPSA) is 68.6 Å². The summed E-state index contributed by atoms with van der Waals surface area (Å²) in [5.74, 6) is 0. The van der Waals surface area contributed by atoms with Gasteiger partial charge in [-0.25, -0.2) is 4.79 Å². The molecule has 1 unspecified atom stereocenters. The van der Waals surface area contributed by atoms with Crippen LogP contribution in [0, 0.1) is 6.92 Å². The second kappa shape index (κ2) is 8.82. The number of carbonyl (C=O) groups is 1. The number of hydrogen-bond acceptors (Lipinski definition) is 5. The van der Waals surface area contributed by atoms with Gasteiger partial charge in [-0.3, -0.25) is 4.68 Å². The number of aryl methyl sites for hydroxylation is 2. The first-order valence-corrected chi connectivity index (χ1v) is 8.89. The van der Waals surface area contributed by atoms with Gasteiger partial charge in [0.25, 0.3) is 0 Å². The highest BCUT2D eigenvalue weighted by atomic mass is 16.6. The Morgan fingerprint density at radius 3 is 2.92 bits per heavy atom. The molecule has 2 aromatic rings. The number of nitrogens with zero attached hydrogens (tertiary/aromatic N) is 3. The Labute approximate surface area is 153 Å². The van der Waals surface area contributed by atoms with Crippen molar-refractivity contribution in [1.82, 2.24) is 20.0 Å². The van der Waals surface area contributed by atoms with Crippen LogP contribution in [0.25, 0.3) is 0 Å². The smallest absolute Gasteiger partial charge is 0.410 e. The van der Waals surface area contributed by atoms with Gasteiger partial charge in [-0.05, 0) is 12.5 Å². The number of aromatic nitrogens is 2. The van der Waals surface area contributed by atoms with Crippen molar-refractivity contribution in [2.75, 3.05) is 26.2 Å². The van der Waals surface area contributed by atoms with E-state index in [0.29, 0.717) is 32.8 Å². The Morgan fingerprint density at radius 2 is 2.19 bits per heavy atom. The largest absolute Gasteiger partial charge is 0.445 e. The lowest BCUT2D eigenvalue weighted by Gasteiger charge is -2.32. The molecule has 0 spiro atoms. The zero-order chi connectivity index (χ0) is 18.4. The Hall–Kier alpha value is -2.38. The molecule has 1 fully saturated rings. The average Bonchev–Trinajstić information content (AvgIpc) is 2.98. The SMILES string of the molecule is Cc1nn(C)cc1CNCC1CN(C(=O)OCc2ccccc2)CCO1. The van der Waals surface area contributed by atoms with Crippen LogP contribution in [-0.2, 0) is 29.7 Å². The third-order valence-electron chi connectivity index (χ3n) is 4.40. The molecule has 0 radical (unpaired) electrons. The zero-order valence-electron chi connectivity index (χ0n) is 15.4. The highest BCUT2D eigenvalue weighted by Crippen LogP contribution is 2.09. The third kappa shape index (κ3) is 5.06. The number of carbonyl (C=O) groups excluding carboxylic acids is 1. The lowest BCUT2D eigenvalue weighted by atomic mass is 10.2. The first-order valence-electron chi connectivity index (χ1n) is 8.89. The summed E-state index contributed by atoms with van der Waals surface area (Å²) in [6, 6.07) is 9.70. The summed E-state index contributed by atoms with van der Waals surface area (Å²) < 4.78 is 13.0. The van der Waals surface area contributed by atoms with Gasteiger partial charge in [0.15, 0.2) is 0 Å². The molecule has 1 aliphatic rings. The summed E-state index contributed by atoms with van der Waals surface area (Å²) >= 11 is 0. The van der Waals surface area contributed by atoms with Gasteiger partial charge in [-0.1, -0.05) is 30.3 Å². The number of morpholine rings is 1. The molecule has 140 valence electrons. The van der Waals surface area contributed by atoms with Crippen molar-refractivity contribution < 1.29 is 14.3 Å². The Bertz CT molecular complexity index is 717. The lowest BCUT2D eigenvalue weighted by Crippen LogP contribution is -2.49. The predicted octanol–water partition coefficient (Wildman–Crippen LogP) is 1.86. The molecule has 2 heterocycles. The van der Waals surface area contributed by atoms with E-state index in [1.54, 1.807) is 4.90 Å². The Kier molecular flexibility index (Phi) is 6.25. The molecule has 7 nitrogen and oxygen atoms in total. The Balaban J connectivity index is 1.41. The number of amides is 1. The van der Waals surface area contributed by atoms with Crippen molar-refractivity contribution in [2.24, 2.45) is 7.05 Å². The van der Waals surface area contributed by atoms with E-state index in [-0.39, 0.29) is 12.2 Å². The first-order chi connectivity index (χ1) is 12.6. The van der Waals surface area contributed by atoms with E-state index in [1.165, 1.54) is 5.56 Å². The van der Waals surface area contributed by atoms with Gasteiger partial charge in [0.1, 0.15) is 6.61 Å². The van der Waals surface area contributed by atoms with E-state index in [9.17, 15) is 4.79 Å². The van der Waals surface area contributed by atoms with Gasteiger partial charge >= 0.3 is 6.09 Å². The molecule has 1 aromatic heterocycles. The fourth-order valence-electron chi connectivity index (χ4n) is 3.01. The first kappa shape index (κ1) is 18.4. The van der Waals surface area contributed by atoms with Crippen molar-refractivity contribution in [1.29, 1.82) is 0 Å². The van der Waals surface area contributed by atoms with Crippen LogP contribution in [0.4, 0.5) is 4.79 Å². The van der Waals surface area contributed by atoms with Gasteiger partial charge in [-0.15, -0.1) is 0 Å². The molecule has 1 N–H and O–H groups in total. The fourth-order valence-corrected chi connectivity index (χ4v) is 3.01. The van der Waals surface area contributed by atoms with E-state index in [0.717, 1.165) is 17.8 Å². The van der Waals surface area contributed by atoms with Gasteiger partial charge < -0.3 is 19.7 Å². The van der Waals surface area contributed by atoms with Crippen LogP contribution in [-0.4, -0.2) is 53.1 Å². The van der Waals surface area contributed by atoms with Crippen LogP contribution in [0.15, 0.2) is 36.5 Å². The molecular formula is C19H26N4O3. The predicted molar refractivity (Wildman–Crippen MR) is 97.6 cm³/mol. The van der Waals surface area contributed by atoms with Crippen LogP contribution < -0.4 is 5.32 Å². The average molecular weight is 358 g/mol. The number of hydrogen-bond donors (Lipinski definition) is 1. The van der Waals surface area contributed by atoms with Gasteiger partial charge in [0.2, 0.25) is 0 Å². The molecule has 0 aliphatic carbocycles. The second-order valence-corrected chi connectivity index (χ2v) is 6.52. The molecule has 1 amide bonds. The van der Waals surface area contributed by atoms with Crippen molar-refractivity contribution >= 4 is 6.09 Å². The van der Waals surface area contributed by atoms with E-state index in [4.69, 9.17) is 9.47 Å². The van der Waals surface area contributed by atoms with E-state index in [1.807, 2.05) is 55.2 Å². The van der Waals surface area contributed by atoms with Crippen molar-refractivity contribution in [3.8, 4) is 0 Å². The standard InChI is InChI=1S/C19H26N4O3/c1-15-17(12-22(2)21-15)10-20-11-18-13-23(8-9-25-18)19(24)26-14-16-6-4-3-5-7-16/h3-7,12,18,20H,8-11,13-14H2,1-2H3. The summed E-state index contributed by atoms with van der Waals surface area (Å²) in [5.41, 5.74) is 3.18. The minimum absolute atomic E-state index is 0.0370. The minimum atomic E-state index is -0.287.